The molecule has 0 spiro atoms. The molecule has 1 saturated carbocycles. The molecule has 2 aromatic rings. The van der Waals surface area contributed by atoms with Gasteiger partial charge in [0.15, 0.2) is 0 Å². The number of fused-ring (bicyclic) bond motifs is 1. The zero-order chi connectivity index (χ0) is 17.4. The molecule has 25 heavy (non-hydrogen) atoms. The first-order chi connectivity index (χ1) is 12.2. The van der Waals surface area contributed by atoms with E-state index in [4.69, 9.17) is 10.2 Å². The summed E-state index contributed by atoms with van der Waals surface area (Å²) < 4.78 is 5.74. The summed E-state index contributed by atoms with van der Waals surface area (Å²) in [6.45, 7) is 1.58. The molecule has 1 aliphatic carbocycles. The molecule has 6 nitrogen and oxygen atoms in total. The Labute approximate surface area is 146 Å². The maximum Gasteiger partial charge on any atom is 0.142 e. The fourth-order valence-corrected chi connectivity index (χ4v) is 4.16. The Morgan fingerprint density at radius 2 is 2.16 bits per heavy atom. The average molecular weight is 338 g/mol. The predicted octanol–water partition coefficient (Wildman–Crippen LogP) is 2.59. The topological polar surface area (TPSA) is 99.3 Å². The second-order valence-electron chi connectivity index (χ2n) is 6.87. The average Bonchev–Trinajstić information content (AvgIpc) is 3.31. The molecule has 0 bridgehead atoms. The Kier molecular flexibility index (Phi) is 4.20. The van der Waals surface area contributed by atoms with Crippen molar-refractivity contribution in [3.63, 3.8) is 0 Å². The molecule has 130 valence electrons. The van der Waals surface area contributed by atoms with Crippen LogP contribution in [-0.4, -0.2) is 27.6 Å². The number of furan rings is 1. The Morgan fingerprint density at radius 1 is 1.36 bits per heavy atom. The van der Waals surface area contributed by atoms with Crippen molar-refractivity contribution in [3.05, 3.63) is 34.7 Å². The zero-order valence-electron chi connectivity index (χ0n) is 14.2. The fourth-order valence-electron chi connectivity index (χ4n) is 4.16. The van der Waals surface area contributed by atoms with Crippen molar-refractivity contribution in [1.82, 2.24) is 9.88 Å². The van der Waals surface area contributed by atoms with E-state index in [1.807, 2.05) is 0 Å². The third-order valence-electron chi connectivity index (χ3n) is 5.43. The minimum Gasteiger partial charge on any atom is -0.459 e. The number of nitrogens with two attached hydrogens (primary N) is 1. The Bertz CT molecular complexity index is 831. The summed E-state index contributed by atoms with van der Waals surface area (Å²) in [6, 6.07) is 6.35. The van der Waals surface area contributed by atoms with Crippen LogP contribution in [0.5, 0.6) is 0 Å². The molecule has 0 atom stereocenters. The van der Waals surface area contributed by atoms with Crippen LogP contribution in [0.3, 0.4) is 0 Å². The number of anilines is 1. The molecular formula is C19H22N4O2. The molecule has 6 heteroatoms. The maximum atomic E-state index is 9.63. The van der Waals surface area contributed by atoms with Crippen molar-refractivity contribution in [3.8, 4) is 17.4 Å². The van der Waals surface area contributed by atoms with Crippen LogP contribution in [0.15, 0.2) is 16.5 Å². The van der Waals surface area contributed by atoms with Gasteiger partial charge in [0.2, 0.25) is 0 Å². The lowest BCUT2D eigenvalue weighted by molar-refractivity contribution is 0.180. The van der Waals surface area contributed by atoms with Crippen molar-refractivity contribution < 1.29 is 9.52 Å². The van der Waals surface area contributed by atoms with Crippen molar-refractivity contribution in [1.29, 1.82) is 5.26 Å². The lowest BCUT2D eigenvalue weighted by atomic mass is 9.93. The van der Waals surface area contributed by atoms with Crippen LogP contribution in [-0.2, 0) is 19.6 Å². The first-order valence-electron chi connectivity index (χ1n) is 8.86. The number of rotatable bonds is 3. The van der Waals surface area contributed by atoms with Gasteiger partial charge in [-0.15, -0.1) is 0 Å². The number of nitriles is 1. The van der Waals surface area contributed by atoms with Gasteiger partial charge in [-0.25, -0.2) is 4.98 Å². The second-order valence-corrected chi connectivity index (χ2v) is 6.87. The van der Waals surface area contributed by atoms with E-state index in [1.165, 1.54) is 25.7 Å². The number of nitrogen functional groups attached to an aromatic ring is 1. The molecule has 2 aliphatic rings. The normalized spacial score (nSPS) is 18.2. The highest BCUT2D eigenvalue weighted by Gasteiger charge is 2.31. The second kappa shape index (κ2) is 6.51. The molecule has 1 aliphatic heterocycles. The van der Waals surface area contributed by atoms with Gasteiger partial charge in [-0.2, -0.15) is 5.26 Å². The van der Waals surface area contributed by atoms with E-state index in [2.05, 4.69) is 16.0 Å². The van der Waals surface area contributed by atoms with Crippen LogP contribution >= 0.6 is 0 Å². The third kappa shape index (κ3) is 2.80. The number of hydrogen-bond donors (Lipinski definition) is 2. The molecule has 3 heterocycles. The van der Waals surface area contributed by atoms with Crippen LogP contribution in [0.25, 0.3) is 11.3 Å². The molecule has 1 fully saturated rings. The van der Waals surface area contributed by atoms with E-state index in [1.54, 1.807) is 12.1 Å². The molecular weight excluding hydrogens is 316 g/mol. The Hall–Kier alpha value is -2.36. The molecule has 2 aromatic heterocycles. The van der Waals surface area contributed by atoms with E-state index >= 15 is 0 Å². The summed E-state index contributed by atoms with van der Waals surface area (Å²) in [7, 11) is 0. The summed E-state index contributed by atoms with van der Waals surface area (Å²) >= 11 is 0. The van der Waals surface area contributed by atoms with Gasteiger partial charge in [-0.3, -0.25) is 4.90 Å². The smallest absolute Gasteiger partial charge is 0.142 e. The van der Waals surface area contributed by atoms with Gasteiger partial charge >= 0.3 is 0 Å². The van der Waals surface area contributed by atoms with Crippen molar-refractivity contribution in [2.24, 2.45) is 0 Å². The first-order valence-corrected chi connectivity index (χ1v) is 8.86. The lowest BCUT2D eigenvalue weighted by Crippen LogP contribution is -2.38. The number of aromatic nitrogens is 1. The quantitative estimate of drug-likeness (QED) is 0.892. The van der Waals surface area contributed by atoms with Gasteiger partial charge in [0, 0.05) is 42.4 Å². The molecule has 0 unspecified atom stereocenters. The SMILES string of the molecule is N#Cc1c(N)nc2c(c1-c1ccc(CO)o1)CN(C1CCCC1)CC2. The van der Waals surface area contributed by atoms with Gasteiger partial charge in [-0.05, 0) is 25.0 Å². The number of aliphatic hydroxyl groups excluding tert-OH is 1. The van der Waals surface area contributed by atoms with Crippen LogP contribution < -0.4 is 5.73 Å². The minimum absolute atomic E-state index is 0.168. The summed E-state index contributed by atoms with van der Waals surface area (Å²) in [5.41, 5.74) is 9.17. The van der Waals surface area contributed by atoms with Crippen LogP contribution in [0.1, 0.15) is 48.3 Å². The standard InChI is InChI=1S/C19H22N4O2/c20-9-14-18(17-6-5-13(11-24)25-17)15-10-23(12-3-1-2-4-12)8-7-16(15)22-19(14)21/h5-6,12,24H,1-4,7-8,10-11H2,(H2,21,22). The molecule has 0 saturated heterocycles. The molecule has 4 rings (SSSR count). The number of aliphatic hydroxyl groups is 1. The van der Waals surface area contributed by atoms with Gasteiger partial charge < -0.3 is 15.3 Å². The maximum absolute atomic E-state index is 9.63. The largest absolute Gasteiger partial charge is 0.459 e. The Balaban J connectivity index is 1.81. The lowest BCUT2D eigenvalue weighted by Gasteiger charge is -2.34. The van der Waals surface area contributed by atoms with E-state index in [9.17, 15) is 10.4 Å². The molecule has 0 amide bonds. The Morgan fingerprint density at radius 3 is 2.84 bits per heavy atom. The minimum atomic E-state index is -0.168. The first kappa shape index (κ1) is 16.1. The zero-order valence-corrected chi connectivity index (χ0v) is 14.2. The highest BCUT2D eigenvalue weighted by atomic mass is 16.4. The molecule has 0 radical (unpaired) electrons. The molecule has 0 aromatic carbocycles. The predicted molar refractivity (Wildman–Crippen MR) is 93.4 cm³/mol. The highest BCUT2D eigenvalue weighted by Crippen LogP contribution is 2.37. The number of pyridine rings is 1. The van der Waals surface area contributed by atoms with Gasteiger partial charge in [0.25, 0.3) is 0 Å². The van der Waals surface area contributed by atoms with Crippen molar-refractivity contribution >= 4 is 5.82 Å². The fraction of sp³-hybridized carbons (Fsp3) is 0.474. The van der Waals surface area contributed by atoms with Gasteiger partial charge in [0.1, 0.15) is 35.6 Å². The number of hydrogen-bond acceptors (Lipinski definition) is 6. The van der Waals surface area contributed by atoms with E-state index in [-0.39, 0.29) is 12.4 Å². The van der Waals surface area contributed by atoms with Crippen molar-refractivity contribution in [2.45, 2.75) is 51.3 Å². The third-order valence-corrected chi connectivity index (χ3v) is 5.43. The van der Waals surface area contributed by atoms with E-state index in [0.717, 1.165) is 36.3 Å². The summed E-state index contributed by atoms with van der Waals surface area (Å²) in [5.74, 6) is 1.32. The van der Waals surface area contributed by atoms with E-state index < -0.39 is 0 Å². The van der Waals surface area contributed by atoms with Crippen LogP contribution in [0, 0.1) is 11.3 Å². The van der Waals surface area contributed by atoms with Crippen molar-refractivity contribution in [2.75, 3.05) is 12.3 Å². The van der Waals surface area contributed by atoms with Crippen LogP contribution in [0.2, 0.25) is 0 Å². The summed E-state index contributed by atoms with van der Waals surface area (Å²) in [4.78, 5) is 7.00. The van der Waals surface area contributed by atoms with Gasteiger partial charge in [-0.1, -0.05) is 12.8 Å². The van der Waals surface area contributed by atoms with Crippen LogP contribution in [0.4, 0.5) is 5.82 Å². The summed E-state index contributed by atoms with van der Waals surface area (Å²) in [6.07, 6.45) is 5.91. The monoisotopic (exact) mass is 338 g/mol. The summed E-state index contributed by atoms with van der Waals surface area (Å²) in [5, 5.41) is 18.9. The number of nitrogens with zero attached hydrogens (tertiary/aromatic N) is 3. The van der Waals surface area contributed by atoms with E-state index in [0.29, 0.717) is 23.1 Å². The molecule has 3 N–H and O–H groups in total. The highest BCUT2D eigenvalue weighted by molar-refractivity contribution is 5.76. The van der Waals surface area contributed by atoms with Gasteiger partial charge in [0.05, 0.1) is 0 Å².